The zero-order valence-corrected chi connectivity index (χ0v) is 23.5. The molecule has 0 heterocycles. The minimum Gasteiger partial charge on any atom is -0.435 e. The van der Waals surface area contributed by atoms with Gasteiger partial charge in [-0.3, -0.25) is 4.79 Å². The van der Waals surface area contributed by atoms with Crippen molar-refractivity contribution in [3.05, 3.63) is 35.4 Å². The van der Waals surface area contributed by atoms with E-state index in [9.17, 15) is 9.90 Å². The second-order valence-corrected chi connectivity index (χ2v) is 23.6. The normalized spacial score (nSPS) is 17.5. The van der Waals surface area contributed by atoms with Gasteiger partial charge < -0.3 is 18.1 Å². The summed E-state index contributed by atoms with van der Waals surface area (Å²) in [6.45, 7) is 15.9. The number of ether oxygens (including phenoxy) is 1. The van der Waals surface area contributed by atoms with Crippen LogP contribution in [0.25, 0.3) is 0 Å². The molecule has 0 aliphatic heterocycles. The molecule has 0 atom stereocenters. The fraction of sp³-hybridized carbons (Fsp3) is 0.696. The average Bonchev–Trinajstić information content (AvgIpc) is 2.63. The highest BCUT2D eigenvalue weighted by molar-refractivity contribution is 6.87. The average molecular weight is 483 g/mol. The van der Waals surface area contributed by atoms with E-state index in [0.29, 0.717) is 31.2 Å². The maximum absolute atomic E-state index is 12.7. The van der Waals surface area contributed by atoms with E-state index in [4.69, 9.17) is 13.0 Å². The lowest BCUT2D eigenvalue weighted by Gasteiger charge is -2.38. The second-order valence-electron chi connectivity index (χ2n) is 11.0. The molecule has 176 valence electrons. The van der Waals surface area contributed by atoms with Crippen molar-refractivity contribution in [1.82, 2.24) is 0 Å². The van der Waals surface area contributed by atoms with Crippen LogP contribution < -0.4 is 0 Å². The van der Waals surface area contributed by atoms with Crippen LogP contribution in [0.15, 0.2) is 24.3 Å². The van der Waals surface area contributed by atoms with Gasteiger partial charge in [-0.25, -0.2) is 0 Å². The van der Waals surface area contributed by atoms with Gasteiger partial charge in [0.05, 0.1) is 12.8 Å². The van der Waals surface area contributed by atoms with Crippen LogP contribution in [0, 0.1) is 0 Å². The number of hydrogen-bond acceptors (Lipinski definition) is 5. The van der Waals surface area contributed by atoms with Gasteiger partial charge in [0.25, 0.3) is 0 Å². The van der Waals surface area contributed by atoms with Crippen molar-refractivity contribution in [2.45, 2.75) is 90.0 Å². The summed E-state index contributed by atoms with van der Waals surface area (Å²) in [6, 6.07) is 7.62. The van der Waals surface area contributed by atoms with Crippen molar-refractivity contribution in [2.75, 3.05) is 12.8 Å². The van der Waals surface area contributed by atoms with Crippen molar-refractivity contribution in [1.29, 1.82) is 0 Å². The maximum Gasteiger partial charge on any atom is 0.341 e. The minimum atomic E-state index is -2.38. The summed E-state index contributed by atoms with van der Waals surface area (Å²) in [6.07, 6.45) is 5.38. The first kappa shape index (κ1) is 26.6. The van der Waals surface area contributed by atoms with Gasteiger partial charge in [0, 0.05) is 5.56 Å². The molecule has 0 bridgehead atoms. The van der Waals surface area contributed by atoms with Gasteiger partial charge in [-0.05, 0) is 70.7 Å². The van der Waals surface area contributed by atoms with Crippen LogP contribution in [0.3, 0.4) is 0 Å². The van der Waals surface area contributed by atoms with Crippen molar-refractivity contribution in [2.24, 2.45) is 0 Å². The number of rotatable bonds is 11. The molecule has 1 aromatic carbocycles. The van der Waals surface area contributed by atoms with Crippen LogP contribution in [0.4, 0.5) is 0 Å². The molecule has 8 heteroatoms. The number of Topliss-reactive ketones (excluding diaryl/α,β-unsaturated/α-hetero) is 1. The summed E-state index contributed by atoms with van der Waals surface area (Å²) in [5, 5.41) is 10.7. The Bertz CT molecular complexity index is 700. The van der Waals surface area contributed by atoms with Crippen LogP contribution in [0.1, 0.15) is 48.0 Å². The first-order valence-electron chi connectivity index (χ1n) is 11.6. The Morgan fingerprint density at radius 1 is 0.903 bits per heavy atom. The summed E-state index contributed by atoms with van der Waals surface area (Å²) < 4.78 is 19.0. The molecule has 1 saturated carbocycles. The summed E-state index contributed by atoms with van der Waals surface area (Å²) in [7, 11) is -5.84. The first-order valence-corrected chi connectivity index (χ1v) is 20.9. The zero-order valence-electron chi connectivity index (χ0n) is 20.5. The van der Waals surface area contributed by atoms with Crippen LogP contribution in [-0.2, 0) is 19.4 Å². The third-order valence-electron chi connectivity index (χ3n) is 5.26. The molecule has 0 spiro atoms. The minimum absolute atomic E-state index is 0.135. The molecule has 1 aromatic rings. The van der Waals surface area contributed by atoms with Crippen LogP contribution in [-0.4, -0.2) is 54.5 Å². The smallest absolute Gasteiger partial charge is 0.341 e. The molecule has 0 radical (unpaired) electrons. The fourth-order valence-corrected chi connectivity index (χ4v) is 16.2. The highest BCUT2D eigenvalue weighted by Crippen LogP contribution is 2.31. The lowest BCUT2D eigenvalue weighted by Crippen LogP contribution is -2.55. The number of benzene rings is 1. The number of hydrogen-bond donors (Lipinski definition) is 1. The van der Waals surface area contributed by atoms with E-state index in [1.165, 1.54) is 0 Å². The van der Waals surface area contributed by atoms with Crippen LogP contribution in [0.2, 0.25) is 45.8 Å². The molecule has 0 unspecified atom stereocenters. The lowest BCUT2D eigenvalue weighted by atomic mass is 9.79. The predicted molar refractivity (Wildman–Crippen MR) is 134 cm³/mol. The number of ketones is 1. The van der Waals surface area contributed by atoms with E-state index in [2.05, 4.69) is 45.8 Å². The summed E-state index contributed by atoms with van der Waals surface area (Å²) in [5.74, 6) is -0.135. The molecule has 1 N–H and O–H groups in total. The van der Waals surface area contributed by atoms with Crippen LogP contribution in [0.5, 0.6) is 0 Å². The Kier molecular flexibility index (Phi) is 9.06. The molecule has 1 aliphatic rings. The molecule has 5 nitrogen and oxygen atoms in total. The zero-order chi connectivity index (χ0) is 23.3. The molecule has 0 amide bonds. The highest BCUT2D eigenvalue weighted by atomic mass is 28.5. The molecular formula is C23H42O5Si3. The number of carbonyl (C=O) groups is 1. The first-order chi connectivity index (χ1) is 14.2. The van der Waals surface area contributed by atoms with E-state index in [1.54, 1.807) is 0 Å². The summed E-state index contributed by atoms with van der Waals surface area (Å²) >= 11 is 0. The van der Waals surface area contributed by atoms with E-state index in [1.807, 2.05) is 24.3 Å². The quantitative estimate of drug-likeness (QED) is 0.258. The Labute approximate surface area is 192 Å². The van der Waals surface area contributed by atoms with Gasteiger partial charge in [0.15, 0.2) is 22.4 Å². The van der Waals surface area contributed by atoms with E-state index in [-0.39, 0.29) is 5.78 Å². The summed E-state index contributed by atoms with van der Waals surface area (Å²) in [5.41, 5.74) is 0.541. The Balaban J connectivity index is 1.89. The molecule has 0 aromatic heterocycles. The Hall–Kier alpha value is -0.619. The highest BCUT2D eigenvalue weighted by Gasteiger charge is 2.41. The molecule has 0 saturated heterocycles. The van der Waals surface area contributed by atoms with Gasteiger partial charge in [-0.15, -0.1) is 0 Å². The predicted octanol–water partition coefficient (Wildman–Crippen LogP) is 5.44. The van der Waals surface area contributed by atoms with Crippen molar-refractivity contribution in [3.63, 3.8) is 0 Å². The van der Waals surface area contributed by atoms with Crippen LogP contribution >= 0.6 is 0 Å². The van der Waals surface area contributed by atoms with E-state index < -0.39 is 30.8 Å². The van der Waals surface area contributed by atoms with E-state index >= 15 is 0 Å². The van der Waals surface area contributed by atoms with Crippen molar-refractivity contribution < 1.29 is 22.9 Å². The second kappa shape index (κ2) is 10.5. The fourth-order valence-electron chi connectivity index (χ4n) is 4.28. The standard InChI is InChI=1S/C23H42O5Si3/c1-29(2,3)27-31(7,28-30(4,5)6)19-26-18-15-20-11-13-21(14-12-20)22(24)23(25)16-9-8-10-17-23/h11-14,25H,8-10,15-19H2,1-7H3. The van der Waals surface area contributed by atoms with Crippen molar-refractivity contribution >= 4 is 31.0 Å². The van der Waals surface area contributed by atoms with Gasteiger partial charge in [0.2, 0.25) is 0 Å². The monoisotopic (exact) mass is 482 g/mol. The summed E-state index contributed by atoms with van der Waals surface area (Å²) in [4.78, 5) is 12.7. The van der Waals surface area contributed by atoms with Gasteiger partial charge >= 0.3 is 8.56 Å². The maximum atomic E-state index is 12.7. The lowest BCUT2D eigenvalue weighted by molar-refractivity contribution is 0.0116. The largest absolute Gasteiger partial charge is 0.435 e. The van der Waals surface area contributed by atoms with Gasteiger partial charge in [0.1, 0.15) is 5.60 Å². The van der Waals surface area contributed by atoms with Gasteiger partial charge in [-0.2, -0.15) is 0 Å². The molecule has 1 aliphatic carbocycles. The Morgan fingerprint density at radius 2 is 1.42 bits per heavy atom. The third-order valence-corrected chi connectivity index (χ3v) is 14.3. The molecule has 31 heavy (non-hydrogen) atoms. The topological polar surface area (TPSA) is 65.0 Å². The van der Waals surface area contributed by atoms with Crippen molar-refractivity contribution in [3.8, 4) is 0 Å². The van der Waals surface area contributed by atoms with Gasteiger partial charge in [-0.1, -0.05) is 43.5 Å². The third kappa shape index (κ3) is 9.03. The SMILES string of the molecule is C[Si](C)(C)O[Si](C)(COCCc1ccc(C(=O)C2(O)CCCCC2)cc1)O[Si](C)(C)C. The molecule has 1 fully saturated rings. The number of aliphatic hydroxyl groups is 1. The number of carbonyl (C=O) groups excluding carboxylic acids is 1. The Morgan fingerprint density at radius 3 is 1.90 bits per heavy atom. The molecular weight excluding hydrogens is 441 g/mol. The van der Waals surface area contributed by atoms with E-state index in [0.717, 1.165) is 31.2 Å². The molecule has 2 rings (SSSR count).